The largest absolute Gasteiger partial charge is 0.349 e. The molecule has 1 N–H and O–H groups in total. The first-order valence-electron chi connectivity index (χ1n) is 5.17. The van der Waals surface area contributed by atoms with E-state index in [1.165, 1.54) is 0 Å². The number of carbonyl (C=O) groups is 1. The van der Waals surface area contributed by atoms with Gasteiger partial charge in [0.25, 0.3) is 5.91 Å². The second-order valence-electron chi connectivity index (χ2n) is 4.13. The molecule has 0 aromatic heterocycles. The van der Waals surface area contributed by atoms with Crippen LogP contribution in [0.15, 0.2) is 18.2 Å². The van der Waals surface area contributed by atoms with E-state index >= 15 is 0 Å². The summed E-state index contributed by atoms with van der Waals surface area (Å²) < 4.78 is 0. The lowest BCUT2D eigenvalue weighted by Crippen LogP contribution is -2.36. The summed E-state index contributed by atoms with van der Waals surface area (Å²) >= 11 is 11.7. The molecule has 0 aliphatic rings. The fourth-order valence-corrected chi connectivity index (χ4v) is 1.62. The first kappa shape index (κ1) is 13.3. The van der Waals surface area contributed by atoms with Crippen molar-refractivity contribution in [3.8, 4) is 0 Å². The van der Waals surface area contributed by atoms with Gasteiger partial charge >= 0.3 is 0 Å². The third-order valence-corrected chi connectivity index (χ3v) is 3.08. The van der Waals surface area contributed by atoms with Crippen LogP contribution in [0, 0.1) is 5.92 Å². The molecule has 0 saturated carbocycles. The highest BCUT2D eigenvalue weighted by Gasteiger charge is 2.14. The predicted octanol–water partition coefficient (Wildman–Crippen LogP) is 3.77. The van der Waals surface area contributed by atoms with Gasteiger partial charge in [0.1, 0.15) is 0 Å². The Kier molecular flexibility index (Phi) is 4.63. The van der Waals surface area contributed by atoms with Crippen LogP contribution in [0.25, 0.3) is 0 Å². The Morgan fingerprint density at radius 1 is 1.25 bits per heavy atom. The zero-order valence-electron chi connectivity index (χ0n) is 9.55. The second kappa shape index (κ2) is 5.55. The number of halogens is 2. The van der Waals surface area contributed by atoms with Gasteiger partial charge in [-0.05, 0) is 31.0 Å². The van der Waals surface area contributed by atoms with Crippen LogP contribution in [-0.4, -0.2) is 11.9 Å². The van der Waals surface area contributed by atoms with Gasteiger partial charge in [0.2, 0.25) is 0 Å². The minimum atomic E-state index is -0.164. The molecule has 0 bridgehead atoms. The minimum Gasteiger partial charge on any atom is -0.349 e. The van der Waals surface area contributed by atoms with Crippen molar-refractivity contribution in [2.24, 2.45) is 5.92 Å². The summed E-state index contributed by atoms with van der Waals surface area (Å²) in [6.07, 6.45) is 0. The molecular weight excluding hydrogens is 245 g/mol. The van der Waals surface area contributed by atoms with Crippen LogP contribution in [0.2, 0.25) is 10.0 Å². The van der Waals surface area contributed by atoms with E-state index in [1.54, 1.807) is 18.2 Å². The van der Waals surface area contributed by atoms with Crippen molar-refractivity contribution in [1.29, 1.82) is 0 Å². The van der Waals surface area contributed by atoms with Gasteiger partial charge in [0.05, 0.1) is 10.6 Å². The Balaban J connectivity index is 2.81. The van der Waals surface area contributed by atoms with Crippen molar-refractivity contribution in [3.63, 3.8) is 0 Å². The molecule has 0 heterocycles. The Labute approximate surface area is 106 Å². The molecule has 1 rings (SSSR count). The first-order valence-corrected chi connectivity index (χ1v) is 5.93. The molecule has 0 saturated heterocycles. The second-order valence-corrected chi connectivity index (χ2v) is 4.97. The third-order valence-electron chi connectivity index (χ3n) is 2.53. The highest BCUT2D eigenvalue weighted by Crippen LogP contribution is 2.21. The maximum atomic E-state index is 11.9. The summed E-state index contributed by atoms with van der Waals surface area (Å²) in [6, 6.07) is 4.97. The van der Waals surface area contributed by atoms with Gasteiger partial charge in [0, 0.05) is 11.1 Å². The highest BCUT2D eigenvalue weighted by molar-refractivity contribution is 6.36. The molecule has 0 aliphatic heterocycles. The number of rotatable bonds is 3. The van der Waals surface area contributed by atoms with E-state index in [-0.39, 0.29) is 11.9 Å². The summed E-state index contributed by atoms with van der Waals surface area (Å²) in [5, 5.41) is 3.79. The molecule has 0 spiro atoms. The molecule has 2 nitrogen and oxygen atoms in total. The Morgan fingerprint density at radius 3 is 2.38 bits per heavy atom. The van der Waals surface area contributed by atoms with E-state index in [4.69, 9.17) is 23.2 Å². The number of benzene rings is 1. The Morgan fingerprint density at radius 2 is 1.88 bits per heavy atom. The number of amides is 1. The van der Waals surface area contributed by atoms with Crippen LogP contribution in [0.5, 0.6) is 0 Å². The normalized spacial score (nSPS) is 12.6. The molecule has 0 radical (unpaired) electrons. The number of hydrogen-bond donors (Lipinski definition) is 1. The Bertz CT molecular complexity index is 391. The summed E-state index contributed by atoms with van der Waals surface area (Å²) in [4.78, 5) is 11.9. The van der Waals surface area contributed by atoms with E-state index in [0.29, 0.717) is 21.5 Å². The van der Waals surface area contributed by atoms with Gasteiger partial charge in [-0.3, -0.25) is 4.79 Å². The van der Waals surface area contributed by atoms with Crippen LogP contribution in [-0.2, 0) is 0 Å². The smallest absolute Gasteiger partial charge is 0.253 e. The van der Waals surface area contributed by atoms with Crippen molar-refractivity contribution in [3.05, 3.63) is 33.8 Å². The van der Waals surface area contributed by atoms with Gasteiger partial charge in [-0.1, -0.05) is 37.0 Å². The highest BCUT2D eigenvalue weighted by atomic mass is 35.5. The van der Waals surface area contributed by atoms with Crippen molar-refractivity contribution in [1.82, 2.24) is 5.32 Å². The number of carbonyl (C=O) groups excluding carboxylic acids is 1. The molecular formula is C12H15Cl2NO. The topological polar surface area (TPSA) is 29.1 Å². The maximum absolute atomic E-state index is 11.9. The summed E-state index contributed by atoms with van der Waals surface area (Å²) in [7, 11) is 0. The lowest BCUT2D eigenvalue weighted by molar-refractivity contribution is 0.0930. The van der Waals surface area contributed by atoms with Crippen LogP contribution < -0.4 is 5.32 Å². The monoisotopic (exact) mass is 259 g/mol. The van der Waals surface area contributed by atoms with Crippen LogP contribution >= 0.6 is 23.2 Å². The molecule has 0 aliphatic carbocycles. The van der Waals surface area contributed by atoms with Crippen molar-refractivity contribution < 1.29 is 4.79 Å². The van der Waals surface area contributed by atoms with Crippen LogP contribution in [0.4, 0.5) is 0 Å². The van der Waals surface area contributed by atoms with Gasteiger partial charge in [0.15, 0.2) is 0 Å². The average Bonchev–Trinajstić information content (AvgIpc) is 2.16. The average molecular weight is 260 g/mol. The lowest BCUT2D eigenvalue weighted by atomic mass is 10.1. The maximum Gasteiger partial charge on any atom is 0.253 e. The van der Waals surface area contributed by atoms with Crippen molar-refractivity contribution in [2.45, 2.75) is 26.8 Å². The van der Waals surface area contributed by atoms with Crippen molar-refractivity contribution >= 4 is 29.1 Å². The molecule has 1 aromatic rings. The van der Waals surface area contributed by atoms with Crippen LogP contribution in [0.1, 0.15) is 31.1 Å². The van der Waals surface area contributed by atoms with Crippen LogP contribution in [0.3, 0.4) is 0 Å². The number of nitrogens with one attached hydrogen (secondary N) is 1. The molecule has 4 heteroatoms. The van der Waals surface area contributed by atoms with Gasteiger partial charge < -0.3 is 5.32 Å². The minimum absolute atomic E-state index is 0.110. The first-order chi connectivity index (χ1) is 7.41. The summed E-state index contributed by atoms with van der Waals surface area (Å²) in [6.45, 7) is 6.06. The Hall–Kier alpha value is -0.730. The van der Waals surface area contributed by atoms with Gasteiger partial charge in [-0.2, -0.15) is 0 Å². The SMILES string of the molecule is CC(C)[C@@H](C)NC(=O)c1ccc(Cl)cc1Cl. The summed E-state index contributed by atoms with van der Waals surface area (Å²) in [5.74, 6) is 0.220. The zero-order chi connectivity index (χ0) is 12.3. The van der Waals surface area contributed by atoms with E-state index < -0.39 is 0 Å². The molecule has 1 amide bonds. The molecule has 16 heavy (non-hydrogen) atoms. The summed E-state index contributed by atoms with van der Waals surface area (Å²) in [5.41, 5.74) is 0.457. The predicted molar refractivity (Wildman–Crippen MR) is 68.2 cm³/mol. The molecule has 1 aromatic carbocycles. The third kappa shape index (κ3) is 3.39. The fourth-order valence-electron chi connectivity index (χ4n) is 1.12. The molecule has 88 valence electrons. The quantitative estimate of drug-likeness (QED) is 0.880. The molecule has 1 atom stereocenters. The van der Waals surface area contributed by atoms with E-state index in [0.717, 1.165) is 0 Å². The molecule has 0 unspecified atom stereocenters. The van der Waals surface area contributed by atoms with E-state index in [9.17, 15) is 4.79 Å². The number of hydrogen-bond acceptors (Lipinski definition) is 1. The lowest BCUT2D eigenvalue weighted by Gasteiger charge is -2.17. The van der Waals surface area contributed by atoms with E-state index in [2.05, 4.69) is 19.2 Å². The zero-order valence-corrected chi connectivity index (χ0v) is 11.1. The standard InChI is InChI=1S/C12H15Cl2NO/c1-7(2)8(3)15-12(16)10-5-4-9(13)6-11(10)14/h4-8H,1-3H3,(H,15,16)/t8-/m1/s1. The fraction of sp³-hybridized carbons (Fsp3) is 0.417. The van der Waals surface area contributed by atoms with Crippen molar-refractivity contribution in [2.75, 3.05) is 0 Å². The van der Waals surface area contributed by atoms with E-state index in [1.807, 2.05) is 6.92 Å². The van der Waals surface area contributed by atoms with Gasteiger partial charge in [-0.25, -0.2) is 0 Å². The van der Waals surface area contributed by atoms with Gasteiger partial charge in [-0.15, -0.1) is 0 Å². The molecule has 0 fully saturated rings.